The highest BCUT2D eigenvalue weighted by atomic mass is 32.2. The van der Waals surface area contributed by atoms with Crippen molar-refractivity contribution in [3.63, 3.8) is 0 Å². The first-order valence-corrected chi connectivity index (χ1v) is 6.69. The molecule has 1 rings (SSSR count). The Morgan fingerprint density at radius 1 is 1.38 bits per heavy atom. The van der Waals surface area contributed by atoms with Crippen molar-refractivity contribution in [1.82, 2.24) is 0 Å². The molecule has 0 aliphatic heterocycles. The minimum Gasteiger partial charge on any atom is -0.497 e. The molecule has 0 fully saturated rings. The molecule has 2 atom stereocenters. The second-order valence-electron chi connectivity index (χ2n) is 3.58. The maximum atomic E-state index is 12.2. The zero-order chi connectivity index (χ0) is 12.0. The summed E-state index contributed by atoms with van der Waals surface area (Å²) in [6.45, 7) is 2.63. The maximum absolute atomic E-state index is 12.2. The number of hydrogen-bond acceptors (Lipinski definition) is 3. The zero-order valence-corrected chi connectivity index (χ0v) is 10.6. The molecule has 1 aromatic rings. The van der Waals surface area contributed by atoms with Crippen molar-refractivity contribution in [3.05, 3.63) is 24.3 Å². The van der Waals surface area contributed by atoms with Gasteiger partial charge in [-0.05, 0) is 43.7 Å². The van der Waals surface area contributed by atoms with Crippen LogP contribution in [-0.2, 0) is 10.8 Å². The monoisotopic (exact) mass is 241 g/mol. The number of ether oxygens (including phenoxy) is 1. The Kier molecular flexibility index (Phi) is 5.49. The molecule has 16 heavy (non-hydrogen) atoms. The van der Waals surface area contributed by atoms with Crippen LogP contribution in [0.4, 0.5) is 0 Å². The molecule has 0 amide bonds. The topological polar surface area (TPSA) is 52.3 Å². The second-order valence-corrected chi connectivity index (χ2v) is 5.31. The predicted molar refractivity (Wildman–Crippen MR) is 67.2 cm³/mol. The van der Waals surface area contributed by atoms with E-state index in [2.05, 4.69) is 0 Å². The molecule has 0 aromatic heterocycles. The Morgan fingerprint density at radius 3 is 2.44 bits per heavy atom. The second kappa shape index (κ2) is 6.66. The Hall–Kier alpha value is -0.870. The number of nitrogens with two attached hydrogens (primary N) is 1. The summed E-state index contributed by atoms with van der Waals surface area (Å²) in [5, 5.41) is 0.151. The third kappa shape index (κ3) is 3.32. The Bertz CT molecular complexity index is 337. The number of hydrogen-bond donors (Lipinski definition) is 1. The van der Waals surface area contributed by atoms with Crippen LogP contribution in [0.15, 0.2) is 29.2 Å². The summed E-state index contributed by atoms with van der Waals surface area (Å²) in [7, 11) is 0.653. The molecule has 1 aromatic carbocycles. The number of rotatable bonds is 6. The normalized spacial score (nSPS) is 14.4. The molecule has 0 bridgehead atoms. The van der Waals surface area contributed by atoms with Gasteiger partial charge in [0.25, 0.3) is 0 Å². The lowest BCUT2D eigenvalue weighted by atomic mass is 10.2. The molecular weight excluding hydrogens is 222 g/mol. The van der Waals surface area contributed by atoms with E-state index in [0.29, 0.717) is 6.54 Å². The molecule has 0 aliphatic rings. The van der Waals surface area contributed by atoms with E-state index in [1.54, 1.807) is 7.11 Å². The van der Waals surface area contributed by atoms with Gasteiger partial charge in [-0.2, -0.15) is 0 Å². The van der Waals surface area contributed by atoms with E-state index in [9.17, 15) is 4.21 Å². The number of benzene rings is 1. The van der Waals surface area contributed by atoms with Crippen molar-refractivity contribution in [3.8, 4) is 5.75 Å². The average Bonchev–Trinajstić information content (AvgIpc) is 2.35. The molecule has 0 aliphatic carbocycles. The van der Waals surface area contributed by atoms with Crippen LogP contribution in [-0.4, -0.2) is 23.1 Å². The third-order valence-electron chi connectivity index (χ3n) is 2.54. The Morgan fingerprint density at radius 2 is 2.00 bits per heavy atom. The van der Waals surface area contributed by atoms with Gasteiger partial charge in [-0.1, -0.05) is 6.92 Å². The van der Waals surface area contributed by atoms with Crippen LogP contribution in [0.25, 0.3) is 0 Å². The highest BCUT2D eigenvalue weighted by Crippen LogP contribution is 2.19. The fraction of sp³-hybridized carbons (Fsp3) is 0.500. The van der Waals surface area contributed by atoms with Crippen molar-refractivity contribution in [1.29, 1.82) is 0 Å². The van der Waals surface area contributed by atoms with E-state index in [1.165, 1.54) is 0 Å². The molecule has 0 radical (unpaired) electrons. The lowest BCUT2D eigenvalue weighted by Gasteiger charge is -2.13. The first-order valence-electron chi connectivity index (χ1n) is 5.47. The van der Waals surface area contributed by atoms with Crippen LogP contribution in [0.2, 0.25) is 0 Å². The summed E-state index contributed by atoms with van der Waals surface area (Å²) in [4.78, 5) is 0.848. The van der Waals surface area contributed by atoms with E-state index >= 15 is 0 Å². The molecule has 0 heterocycles. The van der Waals surface area contributed by atoms with Gasteiger partial charge in [-0.25, -0.2) is 0 Å². The molecule has 0 saturated heterocycles. The zero-order valence-electron chi connectivity index (χ0n) is 9.81. The van der Waals surface area contributed by atoms with Gasteiger partial charge in [0.05, 0.1) is 17.9 Å². The molecule has 2 N–H and O–H groups in total. The predicted octanol–water partition coefficient (Wildman–Crippen LogP) is 1.93. The fourth-order valence-corrected chi connectivity index (χ4v) is 2.99. The third-order valence-corrected chi connectivity index (χ3v) is 4.45. The SMILES string of the molecule is CCC(CCN)S(=O)c1ccc(OC)cc1. The van der Waals surface area contributed by atoms with Crippen LogP contribution in [0.3, 0.4) is 0 Å². The van der Waals surface area contributed by atoms with Gasteiger partial charge >= 0.3 is 0 Å². The van der Waals surface area contributed by atoms with E-state index in [1.807, 2.05) is 31.2 Å². The van der Waals surface area contributed by atoms with Crippen LogP contribution in [0, 0.1) is 0 Å². The van der Waals surface area contributed by atoms with Crippen molar-refractivity contribution in [2.45, 2.75) is 29.9 Å². The highest BCUT2D eigenvalue weighted by molar-refractivity contribution is 7.85. The standard InChI is InChI=1S/C12H19NO2S/c1-3-11(8-9-13)16(14)12-6-4-10(15-2)5-7-12/h4-7,11H,3,8-9,13H2,1-2H3. The fourth-order valence-electron chi connectivity index (χ4n) is 1.55. The van der Waals surface area contributed by atoms with Crippen LogP contribution in [0.5, 0.6) is 5.75 Å². The van der Waals surface area contributed by atoms with Gasteiger partial charge in [0.1, 0.15) is 5.75 Å². The van der Waals surface area contributed by atoms with Gasteiger partial charge in [0.2, 0.25) is 0 Å². The van der Waals surface area contributed by atoms with E-state index in [4.69, 9.17) is 10.5 Å². The van der Waals surface area contributed by atoms with Crippen LogP contribution in [0.1, 0.15) is 19.8 Å². The minimum absolute atomic E-state index is 0.151. The van der Waals surface area contributed by atoms with Gasteiger partial charge in [-0.3, -0.25) is 4.21 Å². The lowest BCUT2D eigenvalue weighted by molar-refractivity contribution is 0.414. The van der Waals surface area contributed by atoms with Crippen LogP contribution >= 0.6 is 0 Å². The quantitative estimate of drug-likeness (QED) is 0.828. The maximum Gasteiger partial charge on any atom is 0.118 e. The molecule has 3 nitrogen and oxygen atoms in total. The smallest absolute Gasteiger partial charge is 0.118 e. The van der Waals surface area contributed by atoms with E-state index in [0.717, 1.165) is 23.5 Å². The molecule has 0 saturated carbocycles. The van der Waals surface area contributed by atoms with E-state index < -0.39 is 10.8 Å². The van der Waals surface area contributed by atoms with Gasteiger partial charge in [0.15, 0.2) is 0 Å². The lowest BCUT2D eigenvalue weighted by Crippen LogP contribution is -2.18. The Labute approximate surface area is 99.4 Å². The molecule has 4 heteroatoms. The van der Waals surface area contributed by atoms with Crippen LogP contribution < -0.4 is 10.5 Å². The molecular formula is C12H19NO2S. The summed E-state index contributed by atoms with van der Waals surface area (Å²) in [5.74, 6) is 0.785. The summed E-state index contributed by atoms with van der Waals surface area (Å²) in [6.07, 6.45) is 1.69. The van der Waals surface area contributed by atoms with Gasteiger partial charge in [-0.15, -0.1) is 0 Å². The molecule has 90 valence electrons. The minimum atomic E-state index is -0.967. The van der Waals surface area contributed by atoms with Crippen molar-refractivity contribution in [2.75, 3.05) is 13.7 Å². The largest absolute Gasteiger partial charge is 0.497 e. The average molecular weight is 241 g/mol. The summed E-state index contributed by atoms with van der Waals surface area (Å²) < 4.78 is 17.2. The highest BCUT2D eigenvalue weighted by Gasteiger charge is 2.15. The van der Waals surface area contributed by atoms with Crippen molar-refractivity contribution < 1.29 is 8.95 Å². The first kappa shape index (κ1) is 13.2. The van der Waals surface area contributed by atoms with Crippen molar-refractivity contribution in [2.24, 2.45) is 5.73 Å². The summed E-state index contributed by atoms with van der Waals surface area (Å²) in [6, 6.07) is 7.38. The van der Waals surface area contributed by atoms with Crippen molar-refractivity contribution >= 4 is 10.8 Å². The van der Waals surface area contributed by atoms with Gasteiger partial charge in [0, 0.05) is 10.1 Å². The molecule has 0 spiro atoms. The van der Waals surface area contributed by atoms with E-state index in [-0.39, 0.29) is 5.25 Å². The first-order chi connectivity index (χ1) is 7.72. The summed E-state index contributed by atoms with van der Waals surface area (Å²) >= 11 is 0. The molecule has 2 unspecified atom stereocenters. The summed E-state index contributed by atoms with van der Waals surface area (Å²) in [5.41, 5.74) is 5.51. The van der Waals surface area contributed by atoms with Gasteiger partial charge < -0.3 is 10.5 Å². The number of methoxy groups -OCH3 is 1. The Balaban J connectivity index is 2.78.